The molecular weight excluding hydrogens is 195 g/mol. The fraction of sp³-hybridized carbons (Fsp3) is 0.333. The van der Waals surface area contributed by atoms with Crippen LogP contribution in [0.3, 0.4) is 0 Å². The Kier molecular flexibility index (Phi) is 3.51. The summed E-state index contributed by atoms with van der Waals surface area (Å²) in [6.45, 7) is 0. The van der Waals surface area contributed by atoms with E-state index in [1.807, 2.05) is 0 Å². The van der Waals surface area contributed by atoms with E-state index >= 15 is 0 Å². The summed E-state index contributed by atoms with van der Waals surface area (Å²) < 4.78 is 17.6. The molecule has 13 heavy (non-hydrogen) atoms. The van der Waals surface area contributed by atoms with Crippen LogP contribution in [0.4, 0.5) is 4.39 Å². The van der Waals surface area contributed by atoms with Crippen molar-refractivity contribution in [1.82, 2.24) is 0 Å². The molecule has 0 heterocycles. The Hall–Kier alpha value is -0.800. The van der Waals surface area contributed by atoms with Gasteiger partial charge in [-0.05, 0) is 12.1 Å². The summed E-state index contributed by atoms with van der Waals surface area (Å²) in [7, 11) is 1.42. The predicted octanol–water partition coefficient (Wildman–Crippen LogP) is 2.11. The third-order valence-electron chi connectivity index (χ3n) is 1.70. The Bertz CT molecular complexity index is 291. The molecule has 0 aromatic heterocycles. The number of rotatable bonds is 3. The molecule has 2 nitrogen and oxygen atoms in total. The molecule has 1 aromatic rings. The first-order valence-electron chi connectivity index (χ1n) is 3.76. The van der Waals surface area contributed by atoms with E-state index in [9.17, 15) is 9.50 Å². The molecule has 0 amide bonds. The van der Waals surface area contributed by atoms with Crippen molar-refractivity contribution in [2.24, 2.45) is 0 Å². The van der Waals surface area contributed by atoms with Gasteiger partial charge < -0.3 is 9.84 Å². The average molecular weight is 205 g/mol. The summed E-state index contributed by atoms with van der Waals surface area (Å²) in [5.74, 6) is -0.0299. The van der Waals surface area contributed by atoms with Crippen LogP contribution in [0.2, 0.25) is 0 Å². The molecule has 1 atom stereocenters. The van der Waals surface area contributed by atoms with Crippen molar-refractivity contribution in [3.8, 4) is 5.75 Å². The van der Waals surface area contributed by atoms with Crippen LogP contribution < -0.4 is 4.74 Å². The van der Waals surface area contributed by atoms with E-state index in [4.69, 9.17) is 16.3 Å². The van der Waals surface area contributed by atoms with Gasteiger partial charge in [0.25, 0.3) is 0 Å². The highest BCUT2D eigenvalue weighted by molar-refractivity contribution is 6.18. The van der Waals surface area contributed by atoms with Gasteiger partial charge in [0.2, 0.25) is 0 Å². The number of aliphatic hydroxyl groups is 1. The minimum absolute atomic E-state index is 0.0575. The molecule has 0 saturated heterocycles. The number of hydrogen-bond donors (Lipinski definition) is 1. The lowest BCUT2D eigenvalue weighted by Crippen LogP contribution is -2.01. The van der Waals surface area contributed by atoms with Gasteiger partial charge in [0.05, 0.1) is 19.1 Å². The summed E-state index contributed by atoms with van der Waals surface area (Å²) in [5, 5.41) is 9.40. The number of benzene rings is 1. The van der Waals surface area contributed by atoms with Crippen molar-refractivity contribution in [3.05, 3.63) is 29.6 Å². The second-order valence-electron chi connectivity index (χ2n) is 2.56. The number of alkyl halides is 1. The third kappa shape index (κ3) is 2.32. The van der Waals surface area contributed by atoms with E-state index in [0.717, 1.165) is 0 Å². The minimum atomic E-state index is -0.822. The van der Waals surface area contributed by atoms with E-state index in [-0.39, 0.29) is 5.88 Å². The van der Waals surface area contributed by atoms with Crippen LogP contribution >= 0.6 is 11.6 Å². The normalized spacial score (nSPS) is 12.6. The Morgan fingerprint density at radius 1 is 1.62 bits per heavy atom. The van der Waals surface area contributed by atoms with Crippen molar-refractivity contribution in [3.63, 3.8) is 0 Å². The van der Waals surface area contributed by atoms with Gasteiger partial charge >= 0.3 is 0 Å². The fourth-order valence-corrected chi connectivity index (χ4v) is 1.21. The summed E-state index contributed by atoms with van der Waals surface area (Å²) in [6.07, 6.45) is -0.822. The van der Waals surface area contributed by atoms with Crippen LogP contribution in [0.1, 0.15) is 11.7 Å². The molecule has 72 valence electrons. The highest BCUT2D eigenvalue weighted by Crippen LogP contribution is 2.26. The van der Waals surface area contributed by atoms with Gasteiger partial charge in [0, 0.05) is 11.6 Å². The Labute approximate surface area is 80.9 Å². The maximum atomic E-state index is 12.7. The van der Waals surface area contributed by atoms with Gasteiger partial charge in [-0.15, -0.1) is 11.6 Å². The van der Waals surface area contributed by atoms with E-state index in [0.29, 0.717) is 11.3 Å². The molecule has 1 N–H and O–H groups in total. The van der Waals surface area contributed by atoms with Gasteiger partial charge in [0.15, 0.2) is 0 Å². The molecule has 1 aromatic carbocycles. The number of hydrogen-bond acceptors (Lipinski definition) is 2. The van der Waals surface area contributed by atoms with Gasteiger partial charge in [-0.25, -0.2) is 4.39 Å². The summed E-state index contributed by atoms with van der Waals surface area (Å²) in [6, 6.07) is 3.93. The number of ether oxygens (including phenoxy) is 1. The van der Waals surface area contributed by atoms with Crippen molar-refractivity contribution >= 4 is 11.6 Å². The maximum Gasteiger partial charge on any atom is 0.127 e. The molecule has 0 aliphatic heterocycles. The van der Waals surface area contributed by atoms with E-state index in [2.05, 4.69) is 0 Å². The van der Waals surface area contributed by atoms with Gasteiger partial charge in [-0.1, -0.05) is 0 Å². The first-order chi connectivity index (χ1) is 6.19. The van der Waals surface area contributed by atoms with E-state index in [1.165, 1.54) is 25.3 Å². The van der Waals surface area contributed by atoms with Gasteiger partial charge in [0.1, 0.15) is 11.6 Å². The lowest BCUT2D eigenvalue weighted by molar-refractivity contribution is 0.197. The standard InChI is InChI=1S/C9H10ClFO2/c1-13-9-4-6(11)2-3-7(9)8(12)5-10/h2-4,8,12H,5H2,1H3. The average Bonchev–Trinajstić information content (AvgIpc) is 2.16. The first-order valence-corrected chi connectivity index (χ1v) is 4.30. The molecule has 1 rings (SSSR count). The van der Waals surface area contributed by atoms with E-state index < -0.39 is 11.9 Å². The predicted molar refractivity (Wildman–Crippen MR) is 48.6 cm³/mol. The minimum Gasteiger partial charge on any atom is -0.496 e. The van der Waals surface area contributed by atoms with Crippen molar-refractivity contribution in [2.45, 2.75) is 6.10 Å². The number of methoxy groups -OCH3 is 1. The molecule has 0 saturated carbocycles. The summed E-state index contributed by atoms with van der Waals surface area (Å²) >= 11 is 5.46. The van der Waals surface area contributed by atoms with Crippen LogP contribution in [0, 0.1) is 5.82 Å². The van der Waals surface area contributed by atoms with Crippen molar-refractivity contribution in [2.75, 3.05) is 13.0 Å². The lowest BCUT2D eigenvalue weighted by Gasteiger charge is -2.11. The largest absolute Gasteiger partial charge is 0.496 e. The van der Waals surface area contributed by atoms with Crippen LogP contribution in [0.15, 0.2) is 18.2 Å². The molecule has 0 aliphatic carbocycles. The molecule has 0 fully saturated rings. The zero-order valence-corrected chi connectivity index (χ0v) is 7.88. The zero-order valence-electron chi connectivity index (χ0n) is 7.13. The van der Waals surface area contributed by atoms with Gasteiger partial charge in [-0.2, -0.15) is 0 Å². The maximum absolute atomic E-state index is 12.7. The zero-order chi connectivity index (χ0) is 9.84. The van der Waals surface area contributed by atoms with Crippen LogP contribution in [0.25, 0.3) is 0 Å². The van der Waals surface area contributed by atoms with Crippen LogP contribution in [-0.4, -0.2) is 18.1 Å². The Balaban J connectivity index is 3.05. The van der Waals surface area contributed by atoms with Crippen molar-refractivity contribution in [1.29, 1.82) is 0 Å². The van der Waals surface area contributed by atoms with Gasteiger partial charge in [-0.3, -0.25) is 0 Å². The first kappa shape index (κ1) is 10.3. The molecule has 0 aliphatic rings. The number of halogens is 2. The SMILES string of the molecule is COc1cc(F)ccc1C(O)CCl. The molecule has 0 bridgehead atoms. The third-order valence-corrected chi connectivity index (χ3v) is 1.99. The fourth-order valence-electron chi connectivity index (χ4n) is 1.04. The number of aliphatic hydroxyl groups excluding tert-OH is 1. The molecule has 1 unspecified atom stereocenters. The molecule has 4 heteroatoms. The summed E-state index contributed by atoms with van der Waals surface area (Å²) in [5.41, 5.74) is 0.499. The quantitative estimate of drug-likeness (QED) is 0.765. The Morgan fingerprint density at radius 2 is 2.31 bits per heavy atom. The second-order valence-corrected chi connectivity index (χ2v) is 2.86. The topological polar surface area (TPSA) is 29.5 Å². The van der Waals surface area contributed by atoms with Crippen molar-refractivity contribution < 1.29 is 14.2 Å². The molecule has 0 spiro atoms. The summed E-state index contributed by atoms with van der Waals surface area (Å²) in [4.78, 5) is 0. The highest BCUT2D eigenvalue weighted by atomic mass is 35.5. The van der Waals surface area contributed by atoms with E-state index in [1.54, 1.807) is 0 Å². The van der Waals surface area contributed by atoms with Crippen LogP contribution in [0.5, 0.6) is 5.75 Å². The lowest BCUT2D eigenvalue weighted by atomic mass is 10.1. The van der Waals surface area contributed by atoms with Crippen LogP contribution in [-0.2, 0) is 0 Å². The second kappa shape index (κ2) is 4.44. The highest BCUT2D eigenvalue weighted by Gasteiger charge is 2.12. The molecular formula is C9H10ClFO2. The smallest absolute Gasteiger partial charge is 0.127 e. The monoisotopic (exact) mass is 204 g/mol. The Morgan fingerprint density at radius 3 is 2.85 bits per heavy atom. The molecule has 0 radical (unpaired) electrons.